The maximum absolute atomic E-state index is 14.0. The third-order valence-electron chi connectivity index (χ3n) is 5.03. The summed E-state index contributed by atoms with van der Waals surface area (Å²) in [6.07, 6.45) is -4.58. The van der Waals surface area contributed by atoms with Crippen molar-refractivity contribution in [1.29, 1.82) is 0 Å². The van der Waals surface area contributed by atoms with E-state index in [4.69, 9.17) is 9.47 Å². The number of nitrogens with zero attached hydrogens (tertiary/aromatic N) is 2. The molecule has 4 rings (SSSR count). The maximum atomic E-state index is 14.0. The molecule has 0 N–H and O–H groups in total. The molecule has 0 saturated carbocycles. The van der Waals surface area contributed by atoms with Crippen LogP contribution < -0.4 is 4.74 Å². The van der Waals surface area contributed by atoms with Crippen molar-refractivity contribution in [2.75, 3.05) is 0 Å². The number of aromatic nitrogens is 2. The van der Waals surface area contributed by atoms with E-state index in [9.17, 15) is 26.7 Å². The van der Waals surface area contributed by atoms with Crippen molar-refractivity contribution in [3.8, 4) is 22.9 Å². The van der Waals surface area contributed by atoms with Crippen molar-refractivity contribution in [3.63, 3.8) is 0 Å². The van der Waals surface area contributed by atoms with Gasteiger partial charge < -0.3 is 9.47 Å². The Morgan fingerprint density at radius 3 is 2.26 bits per heavy atom. The summed E-state index contributed by atoms with van der Waals surface area (Å²) in [6.45, 7) is -0.515. The molecule has 0 spiro atoms. The van der Waals surface area contributed by atoms with Crippen LogP contribution >= 0.6 is 0 Å². The number of hydrogen-bond acceptors (Lipinski definition) is 4. The Kier molecular flexibility index (Phi) is 6.54. The topological polar surface area (TPSA) is 53.4 Å². The Hall–Kier alpha value is -4.21. The number of rotatable bonds is 6. The van der Waals surface area contributed by atoms with E-state index in [2.05, 4.69) is 5.10 Å². The van der Waals surface area contributed by atoms with Gasteiger partial charge in [-0.3, -0.25) is 0 Å². The second kappa shape index (κ2) is 9.57. The molecule has 1 heterocycles. The van der Waals surface area contributed by atoms with Crippen LogP contribution in [0.25, 0.3) is 11.3 Å². The molecule has 1 aromatic heterocycles. The van der Waals surface area contributed by atoms with Gasteiger partial charge in [0, 0.05) is 12.6 Å². The smallest absolute Gasteiger partial charge is 0.416 e. The monoisotopic (exact) mass is 488 g/mol. The van der Waals surface area contributed by atoms with Gasteiger partial charge in [-0.2, -0.15) is 18.3 Å². The Labute approximate surface area is 196 Å². The Morgan fingerprint density at radius 1 is 0.943 bits per heavy atom. The van der Waals surface area contributed by atoms with Gasteiger partial charge in [-0.15, -0.1) is 0 Å². The molecule has 0 radical (unpaired) electrons. The number of carbonyl (C=O) groups excluding carboxylic acids is 1. The van der Waals surface area contributed by atoms with Gasteiger partial charge in [0.2, 0.25) is 5.88 Å². The molecule has 180 valence electrons. The van der Waals surface area contributed by atoms with Crippen molar-refractivity contribution in [1.82, 2.24) is 9.78 Å². The third-order valence-corrected chi connectivity index (χ3v) is 5.03. The molecule has 0 aliphatic carbocycles. The van der Waals surface area contributed by atoms with E-state index in [-0.39, 0.29) is 17.2 Å². The fraction of sp³-hybridized carbons (Fsp3) is 0.120. The zero-order valence-electron chi connectivity index (χ0n) is 18.1. The summed E-state index contributed by atoms with van der Waals surface area (Å²) in [5.41, 5.74) is -0.662. The van der Waals surface area contributed by atoms with Gasteiger partial charge in [0.15, 0.2) is 0 Å². The average molecular weight is 488 g/mol. The Bertz CT molecular complexity index is 1350. The van der Waals surface area contributed by atoms with E-state index in [1.165, 1.54) is 23.9 Å². The molecule has 10 heteroatoms. The number of aryl methyl sites for hydroxylation is 1. The zero-order valence-corrected chi connectivity index (χ0v) is 18.1. The predicted molar refractivity (Wildman–Crippen MR) is 116 cm³/mol. The van der Waals surface area contributed by atoms with E-state index in [1.54, 1.807) is 30.3 Å². The summed E-state index contributed by atoms with van der Waals surface area (Å²) < 4.78 is 79.6. The van der Waals surface area contributed by atoms with Gasteiger partial charge >= 0.3 is 12.1 Å². The van der Waals surface area contributed by atoms with Gasteiger partial charge in [0.1, 0.15) is 35.2 Å². The second-order valence-corrected chi connectivity index (χ2v) is 7.42. The van der Waals surface area contributed by atoms with Crippen LogP contribution in [-0.4, -0.2) is 15.7 Å². The molecule has 0 bridgehead atoms. The van der Waals surface area contributed by atoms with Crippen LogP contribution in [-0.2, 0) is 24.6 Å². The van der Waals surface area contributed by atoms with E-state index in [0.29, 0.717) is 11.3 Å². The zero-order chi connectivity index (χ0) is 25.2. The van der Waals surface area contributed by atoms with Crippen molar-refractivity contribution in [3.05, 3.63) is 101 Å². The van der Waals surface area contributed by atoms with Crippen LogP contribution in [0, 0.1) is 11.6 Å². The minimum absolute atomic E-state index is 0.00927. The molecule has 35 heavy (non-hydrogen) atoms. The molecule has 4 aromatic rings. The first-order chi connectivity index (χ1) is 16.6. The van der Waals surface area contributed by atoms with E-state index < -0.39 is 41.5 Å². The lowest BCUT2D eigenvalue weighted by Gasteiger charge is -2.12. The number of alkyl halides is 3. The first-order valence-electron chi connectivity index (χ1n) is 10.2. The highest BCUT2D eigenvalue weighted by atomic mass is 19.4. The van der Waals surface area contributed by atoms with Crippen molar-refractivity contribution in [2.24, 2.45) is 7.05 Å². The summed E-state index contributed by atoms with van der Waals surface area (Å²) in [4.78, 5) is 12.4. The molecule has 0 amide bonds. The normalized spacial score (nSPS) is 11.4. The van der Waals surface area contributed by atoms with Crippen molar-refractivity contribution >= 4 is 5.97 Å². The first-order valence-corrected chi connectivity index (χ1v) is 10.2. The van der Waals surface area contributed by atoms with Crippen molar-refractivity contribution in [2.45, 2.75) is 12.8 Å². The fourth-order valence-electron chi connectivity index (χ4n) is 3.39. The van der Waals surface area contributed by atoms with Crippen LogP contribution in [0.15, 0.2) is 72.8 Å². The van der Waals surface area contributed by atoms with Crippen LogP contribution in [0.1, 0.15) is 21.5 Å². The molecule has 0 aliphatic heterocycles. The number of halogens is 5. The number of carbonyl (C=O) groups is 1. The van der Waals surface area contributed by atoms with Gasteiger partial charge in [-0.05, 0) is 30.3 Å². The number of esters is 1. The summed E-state index contributed by atoms with van der Waals surface area (Å²) in [7, 11) is 1.50. The first kappa shape index (κ1) is 23.9. The summed E-state index contributed by atoms with van der Waals surface area (Å²) in [6, 6.07) is 15.9. The maximum Gasteiger partial charge on any atom is 0.416 e. The van der Waals surface area contributed by atoms with E-state index in [0.717, 1.165) is 30.3 Å². The van der Waals surface area contributed by atoms with Crippen LogP contribution in [0.3, 0.4) is 0 Å². The molecule has 0 aliphatic rings. The minimum atomic E-state index is -4.58. The number of ether oxygens (including phenoxy) is 2. The van der Waals surface area contributed by atoms with Gasteiger partial charge in [-0.1, -0.05) is 42.5 Å². The highest BCUT2D eigenvalue weighted by Gasteiger charge is 2.31. The quantitative estimate of drug-likeness (QED) is 0.229. The molecule has 0 atom stereocenters. The molecule has 3 aromatic carbocycles. The lowest BCUT2D eigenvalue weighted by molar-refractivity contribution is -0.137. The lowest BCUT2D eigenvalue weighted by atomic mass is 10.1. The molecular weight excluding hydrogens is 471 g/mol. The minimum Gasteiger partial charge on any atom is -0.457 e. The van der Waals surface area contributed by atoms with Crippen LogP contribution in [0.4, 0.5) is 22.0 Å². The van der Waals surface area contributed by atoms with Gasteiger partial charge in [0.05, 0.1) is 11.1 Å². The van der Waals surface area contributed by atoms with E-state index in [1.807, 2.05) is 0 Å². The molecule has 0 unspecified atom stereocenters. The Morgan fingerprint density at radius 2 is 1.60 bits per heavy atom. The summed E-state index contributed by atoms with van der Waals surface area (Å²) >= 11 is 0. The highest BCUT2D eigenvalue weighted by Crippen LogP contribution is 2.36. The summed E-state index contributed by atoms with van der Waals surface area (Å²) in [5, 5.41) is 4.36. The number of benzene rings is 3. The lowest BCUT2D eigenvalue weighted by Crippen LogP contribution is -2.11. The largest absolute Gasteiger partial charge is 0.457 e. The molecule has 0 fully saturated rings. The number of hydrogen-bond donors (Lipinski definition) is 0. The van der Waals surface area contributed by atoms with E-state index >= 15 is 0 Å². The van der Waals surface area contributed by atoms with Crippen molar-refractivity contribution < 1.29 is 36.2 Å². The van der Waals surface area contributed by atoms with Crippen LogP contribution in [0.5, 0.6) is 11.6 Å². The SMILES string of the molecule is Cn1nc(-c2ccccc2)c(COC(=O)c2c(F)cccc2F)c1Oc1cccc(C(F)(F)F)c1. The van der Waals surface area contributed by atoms with Gasteiger partial charge in [-0.25, -0.2) is 18.3 Å². The molecule has 5 nitrogen and oxygen atoms in total. The highest BCUT2D eigenvalue weighted by molar-refractivity contribution is 5.90. The molecule has 0 saturated heterocycles. The van der Waals surface area contributed by atoms with Crippen LogP contribution in [0.2, 0.25) is 0 Å². The average Bonchev–Trinajstić information content (AvgIpc) is 3.13. The van der Waals surface area contributed by atoms with Gasteiger partial charge in [0.25, 0.3) is 0 Å². The summed E-state index contributed by atoms with van der Waals surface area (Å²) in [5.74, 6) is -3.58. The standard InChI is InChI=1S/C25H17F5N2O3/c1-32-23(35-17-10-5-9-16(13-17)25(28,29)30)18(22(31-32)15-7-3-2-4-8-15)14-34-24(33)21-19(26)11-6-12-20(21)27/h2-13H,14H2,1H3. The third kappa shape index (κ3) is 5.16. The Balaban J connectivity index is 1.71. The second-order valence-electron chi connectivity index (χ2n) is 7.42. The fourth-order valence-corrected chi connectivity index (χ4v) is 3.39. The predicted octanol–water partition coefficient (Wildman–Crippen LogP) is 6.53. The molecular formula is C25H17F5N2O3.